The summed E-state index contributed by atoms with van der Waals surface area (Å²) in [6.45, 7) is 1.02. The van der Waals surface area contributed by atoms with E-state index >= 15 is 0 Å². The Morgan fingerprint density at radius 3 is 2.45 bits per heavy atom. The van der Waals surface area contributed by atoms with Gasteiger partial charge in [0.2, 0.25) is 5.90 Å². The Hall–Kier alpha value is -4.18. The lowest BCUT2D eigenvalue weighted by Crippen LogP contribution is -2.54. The number of methoxy groups -OCH3 is 1. The molecule has 4 aromatic rings. The summed E-state index contributed by atoms with van der Waals surface area (Å²) < 4.78 is 18.8. The number of ether oxygens (including phenoxy) is 3. The SMILES string of the molecule is COc1cccc([C@@H]2OC(c3ccc(OCCCO)cc3)=N[C@]2(Cc2ccccc2)C(=O)NNCCc2ccc(Br)cc2)c1. The molecule has 1 amide bonds. The number of hydrogen-bond acceptors (Lipinski definition) is 7. The number of aliphatic hydroxyl groups is 1. The number of rotatable bonds is 14. The molecule has 5 rings (SSSR count). The number of nitrogens with zero attached hydrogens (tertiary/aromatic N) is 1. The fraction of sp³-hybridized carbons (Fsp3) is 0.257. The molecule has 0 fully saturated rings. The van der Waals surface area contributed by atoms with Crippen LogP contribution in [0.4, 0.5) is 0 Å². The van der Waals surface area contributed by atoms with E-state index in [0.717, 1.165) is 33.1 Å². The summed E-state index contributed by atoms with van der Waals surface area (Å²) in [6, 6.07) is 32.9. The Morgan fingerprint density at radius 2 is 1.73 bits per heavy atom. The molecule has 0 aliphatic carbocycles. The predicted molar refractivity (Wildman–Crippen MR) is 174 cm³/mol. The summed E-state index contributed by atoms with van der Waals surface area (Å²) in [4.78, 5) is 19.4. The van der Waals surface area contributed by atoms with Crippen molar-refractivity contribution in [3.63, 3.8) is 0 Å². The highest BCUT2D eigenvalue weighted by Gasteiger charge is 2.53. The molecule has 4 aromatic carbocycles. The van der Waals surface area contributed by atoms with E-state index in [4.69, 9.17) is 24.3 Å². The van der Waals surface area contributed by atoms with Crippen molar-refractivity contribution in [2.24, 2.45) is 4.99 Å². The lowest BCUT2D eigenvalue weighted by Gasteiger charge is -2.31. The Labute approximate surface area is 266 Å². The van der Waals surface area contributed by atoms with Gasteiger partial charge in [-0.05, 0) is 71.6 Å². The van der Waals surface area contributed by atoms with Gasteiger partial charge in [-0.15, -0.1) is 0 Å². The molecule has 0 radical (unpaired) electrons. The molecule has 1 aliphatic heterocycles. The van der Waals surface area contributed by atoms with Gasteiger partial charge >= 0.3 is 0 Å². The standard InChI is InChI=1S/C35H36BrN3O5/c1-42-31-10-5-9-28(23-31)32-35(24-26-7-3-2-4-8-26,34(41)39-37-20-19-25-11-15-29(36)16-12-25)38-33(44-32)27-13-17-30(18-14-27)43-22-6-21-40/h2-5,7-18,23,32,37,40H,6,19-22,24H2,1H3,(H,39,41)/t32-,35-/m0/s1. The van der Waals surface area contributed by atoms with Crippen LogP contribution in [0.5, 0.6) is 11.5 Å². The number of aliphatic hydroxyl groups excluding tert-OH is 1. The molecule has 44 heavy (non-hydrogen) atoms. The number of aliphatic imine (C=N–C) groups is 1. The maximum atomic E-state index is 14.3. The van der Waals surface area contributed by atoms with Crippen molar-refractivity contribution >= 4 is 27.7 Å². The van der Waals surface area contributed by atoms with E-state index in [1.165, 1.54) is 0 Å². The Kier molecular flexibility index (Phi) is 10.7. The van der Waals surface area contributed by atoms with Gasteiger partial charge in [-0.3, -0.25) is 10.2 Å². The Morgan fingerprint density at radius 1 is 0.955 bits per heavy atom. The van der Waals surface area contributed by atoms with Crippen molar-refractivity contribution in [2.75, 3.05) is 26.9 Å². The number of nitrogens with one attached hydrogen (secondary N) is 2. The van der Waals surface area contributed by atoms with Crippen LogP contribution in [0.15, 0.2) is 113 Å². The fourth-order valence-corrected chi connectivity index (χ4v) is 5.37. The van der Waals surface area contributed by atoms with Gasteiger partial charge in [-0.1, -0.05) is 70.5 Å². The first-order chi connectivity index (χ1) is 21.5. The van der Waals surface area contributed by atoms with Crippen LogP contribution in [0.2, 0.25) is 0 Å². The number of benzene rings is 4. The summed E-state index contributed by atoms with van der Waals surface area (Å²) in [5.74, 6) is 1.39. The van der Waals surface area contributed by atoms with Crippen LogP contribution in [0.3, 0.4) is 0 Å². The zero-order valence-corrected chi connectivity index (χ0v) is 26.1. The third-order valence-electron chi connectivity index (χ3n) is 7.40. The first-order valence-corrected chi connectivity index (χ1v) is 15.4. The normalized spacial score (nSPS) is 17.4. The Balaban J connectivity index is 1.47. The van der Waals surface area contributed by atoms with Crippen LogP contribution < -0.4 is 20.3 Å². The molecule has 228 valence electrons. The largest absolute Gasteiger partial charge is 0.497 e. The number of amides is 1. The third-order valence-corrected chi connectivity index (χ3v) is 7.93. The van der Waals surface area contributed by atoms with Crippen LogP contribution in [0.25, 0.3) is 0 Å². The molecule has 0 saturated heterocycles. The number of hydrazine groups is 1. The van der Waals surface area contributed by atoms with Gasteiger partial charge in [0.25, 0.3) is 5.91 Å². The number of hydrogen-bond donors (Lipinski definition) is 3. The maximum absolute atomic E-state index is 14.3. The summed E-state index contributed by atoms with van der Waals surface area (Å²) in [6.07, 6.45) is 0.855. The molecule has 0 bridgehead atoms. The molecule has 0 saturated carbocycles. The van der Waals surface area contributed by atoms with Crippen molar-refractivity contribution in [1.82, 2.24) is 10.9 Å². The van der Waals surface area contributed by atoms with E-state index in [0.29, 0.717) is 43.4 Å². The number of carbonyl (C=O) groups excluding carboxylic acids is 1. The summed E-state index contributed by atoms with van der Waals surface area (Å²) in [7, 11) is 1.61. The van der Waals surface area contributed by atoms with Crippen molar-refractivity contribution in [1.29, 1.82) is 0 Å². The number of halogens is 1. The molecule has 3 N–H and O–H groups in total. The fourth-order valence-electron chi connectivity index (χ4n) is 5.10. The van der Waals surface area contributed by atoms with Gasteiger partial charge in [0.15, 0.2) is 11.6 Å². The van der Waals surface area contributed by atoms with Gasteiger partial charge in [0, 0.05) is 36.0 Å². The highest BCUT2D eigenvalue weighted by Crippen LogP contribution is 2.43. The second-order valence-electron chi connectivity index (χ2n) is 10.5. The van der Waals surface area contributed by atoms with Gasteiger partial charge < -0.3 is 19.3 Å². The molecule has 1 heterocycles. The van der Waals surface area contributed by atoms with E-state index in [-0.39, 0.29) is 12.5 Å². The van der Waals surface area contributed by atoms with Gasteiger partial charge in [-0.2, -0.15) is 0 Å². The van der Waals surface area contributed by atoms with Gasteiger partial charge in [0.05, 0.1) is 13.7 Å². The second kappa shape index (κ2) is 15.0. The van der Waals surface area contributed by atoms with Crippen molar-refractivity contribution in [3.05, 3.63) is 130 Å². The molecule has 8 nitrogen and oxygen atoms in total. The van der Waals surface area contributed by atoms with Crippen molar-refractivity contribution < 1.29 is 24.1 Å². The van der Waals surface area contributed by atoms with E-state index in [2.05, 4.69) is 26.8 Å². The minimum absolute atomic E-state index is 0.0685. The lowest BCUT2D eigenvalue weighted by atomic mass is 9.82. The van der Waals surface area contributed by atoms with Crippen LogP contribution in [0.1, 0.15) is 34.8 Å². The molecular formula is C35H36BrN3O5. The smallest absolute Gasteiger partial charge is 0.266 e. The molecule has 1 aliphatic rings. The van der Waals surface area contributed by atoms with Gasteiger partial charge in [-0.25, -0.2) is 10.4 Å². The summed E-state index contributed by atoms with van der Waals surface area (Å²) in [5, 5.41) is 9.05. The van der Waals surface area contributed by atoms with Gasteiger partial charge in [0.1, 0.15) is 11.5 Å². The van der Waals surface area contributed by atoms with Crippen molar-refractivity contribution in [3.8, 4) is 11.5 Å². The second-order valence-corrected chi connectivity index (χ2v) is 11.4. The van der Waals surface area contributed by atoms with E-state index in [1.807, 2.05) is 103 Å². The highest BCUT2D eigenvalue weighted by molar-refractivity contribution is 9.10. The van der Waals surface area contributed by atoms with E-state index < -0.39 is 11.6 Å². The monoisotopic (exact) mass is 657 g/mol. The van der Waals surface area contributed by atoms with Crippen LogP contribution in [-0.2, 0) is 22.4 Å². The zero-order valence-electron chi connectivity index (χ0n) is 24.5. The molecular weight excluding hydrogens is 622 g/mol. The maximum Gasteiger partial charge on any atom is 0.266 e. The minimum atomic E-state index is -1.33. The first-order valence-electron chi connectivity index (χ1n) is 14.6. The van der Waals surface area contributed by atoms with Crippen molar-refractivity contribution in [2.45, 2.75) is 30.9 Å². The zero-order chi connectivity index (χ0) is 30.8. The molecule has 0 aromatic heterocycles. The van der Waals surface area contributed by atoms with Crippen LogP contribution in [0, 0.1) is 0 Å². The molecule has 2 atom stereocenters. The minimum Gasteiger partial charge on any atom is -0.497 e. The molecule has 0 spiro atoms. The molecule has 9 heteroatoms. The first kappa shape index (κ1) is 31.3. The van der Waals surface area contributed by atoms with E-state index in [9.17, 15) is 4.79 Å². The predicted octanol–water partition coefficient (Wildman–Crippen LogP) is 5.58. The highest BCUT2D eigenvalue weighted by atomic mass is 79.9. The summed E-state index contributed by atoms with van der Waals surface area (Å²) >= 11 is 3.47. The molecule has 0 unspecified atom stereocenters. The topological polar surface area (TPSA) is 101 Å². The lowest BCUT2D eigenvalue weighted by molar-refractivity contribution is -0.130. The van der Waals surface area contributed by atoms with Crippen LogP contribution >= 0.6 is 15.9 Å². The Bertz CT molecular complexity index is 1550. The average molecular weight is 659 g/mol. The quantitative estimate of drug-likeness (QED) is 0.121. The average Bonchev–Trinajstić information content (AvgIpc) is 3.45. The number of carbonyl (C=O) groups is 1. The van der Waals surface area contributed by atoms with Crippen LogP contribution in [-0.4, -0.2) is 49.3 Å². The van der Waals surface area contributed by atoms with E-state index in [1.54, 1.807) is 7.11 Å². The third kappa shape index (κ3) is 7.66. The summed E-state index contributed by atoms with van der Waals surface area (Å²) in [5.41, 5.74) is 8.33.